The molecule has 0 bridgehead atoms. The summed E-state index contributed by atoms with van der Waals surface area (Å²) < 4.78 is 0. The summed E-state index contributed by atoms with van der Waals surface area (Å²) in [7, 11) is 0.897. The third-order valence-electron chi connectivity index (χ3n) is 2.17. The standard InChI is InChI=1S/C10H17NSi/c1-11-12(2,3)9-10-7-5-4-6-8-10/h4-8,11H,9H2,1-3H3. The zero-order chi connectivity index (χ0) is 9.03. The molecule has 66 valence electrons. The van der Waals surface area contributed by atoms with Gasteiger partial charge in [0.05, 0.1) is 0 Å². The van der Waals surface area contributed by atoms with Gasteiger partial charge in [0, 0.05) is 0 Å². The van der Waals surface area contributed by atoms with Crippen molar-refractivity contribution in [2.75, 3.05) is 7.05 Å². The fourth-order valence-corrected chi connectivity index (χ4v) is 2.63. The third-order valence-corrected chi connectivity index (χ3v) is 4.81. The predicted molar refractivity (Wildman–Crippen MR) is 56.7 cm³/mol. The number of hydrogen-bond acceptors (Lipinski definition) is 1. The van der Waals surface area contributed by atoms with Crippen LogP contribution in [0.15, 0.2) is 30.3 Å². The summed E-state index contributed by atoms with van der Waals surface area (Å²) in [6, 6.07) is 11.9. The highest BCUT2D eigenvalue weighted by molar-refractivity contribution is 6.74. The first-order valence-electron chi connectivity index (χ1n) is 4.37. The van der Waals surface area contributed by atoms with E-state index in [1.165, 1.54) is 11.6 Å². The number of hydrogen-bond donors (Lipinski definition) is 1. The van der Waals surface area contributed by atoms with Crippen LogP contribution in [0.4, 0.5) is 0 Å². The summed E-state index contributed by atoms with van der Waals surface area (Å²) in [5, 5.41) is 0. The number of nitrogens with one attached hydrogen (secondary N) is 1. The minimum atomic E-state index is -1.17. The van der Waals surface area contributed by atoms with Crippen molar-refractivity contribution >= 4 is 8.24 Å². The molecular weight excluding hydrogens is 162 g/mol. The molecule has 0 aromatic heterocycles. The van der Waals surface area contributed by atoms with E-state index < -0.39 is 8.24 Å². The van der Waals surface area contributed by atoms with Gasteiger partial charge in [-0.2, -0.15) is 0 Å². The largest absolute Gasteiger partial charge is 0.340 e. The van der Waals surface area contributed by atoms with Crippen molar-refractivity contribution in [3.63, 3.8) is 0 Å². The van der Waals surface area contributed by atoms with Crippen molar-refractivity contribution in [2.45, 2.75) is 19.1 Å². The average molecular weight is 179 g/mol. The summed E-state index contributed by atoms with van der Waals surface area (Å²) >= 11 is 0. The molecule has 0 fully saturated rings. The topological polar surface area (TPSA) is 12.0 Å². The Kier molecular flexibility index (Phi) is 3.06. The van der Waals surface area contributed by atoms with Gasteiger partial charge in [0.15, 0.2) is 0 Å². The highest BCUT2D eigenvalue weighted by atomic mass is 28.3. The lowest BCUT2D eigenvalue weighted by molar-refractivity contribution is 1.10. The Labute approximate surface area is 75.9 Å². The Morgan fingerprint density at radius 2 is 1.75 bits per heavy atom. The Morgan fingerprint density at radius 3 is 2.25 bits per heavy atom. The number of rotatable bonds is 3. The fourth-order valence-electron chi connectivity index (χ4n) is 1.19. The maximum Gasteiger partial charge on any atom is 0.123 e. The van der Waals surface area contributed by atoms with Crippen molar-refractivity contribution in [1.82, 2.24) is 4.98 Å². The second kappa shape index (κ2) is 3.87. The van der Waals surface area contributed by atoms with Gasteiger partial charge in [-0.3, -0.25) is 0 Å². The van der Waals surface area contributed by atoms with E-state index in [9.17, 15) is 0 Å². The molecule has 1 aromatic rings. The molecule has 0 aliphatic heterocycles. The molecule has 0 aliphatic carbocycles. The summed E-state index contributed by atoms with van der Waals surface area (Å²) in [5.41, 5.74) is 1.45. The van der Waals surface area contributed by atoms with Crippen molar-refractivity contribution in [1.29, 1.82) is 0 Å². The predicted octanol–water partition coefficient (Wildman–Crippen LogP) is 2.19. The molecule has 1 nitrogen and oxygen atoms in total. The van der Waals surface area contributed by atoms with Crippen molar-refractivity contribution in [3.05, 3.63) is 35.9 Å². The van der Waals surface area contributed by atoms with Crippen LogP contribution < -0.4 is 4.98 Å². The van der Waals surface area contributed by atoms with Gasteiger partial charge < -0.3 is 4.98 Å². The monoisotopic (exact) mass is 179 g/mol. The second-order valence-corrected chi connectivity index (χ2v) is 8.42. The van der Waals surface area contributed by atoms with Gasteiger partial charge in [-0.1, -0.05) is 43.4 Å². The molecule has 2 heteroatoms. The maximum atomic E-state index is 3.43. The zero-order valence-electron chi connectivity index (χ0n) is 8.09. The lowest BCUT2D eigenvalue weighted by Gasteiger charge is -2.20. The molecule has 0 heterocycles. The van der Waals surface area contributed by atoms with Gasteiger partial charge >= 0.3 is 0 Å². The van der Waals surface area contributed by atoms with Crippen LogP contribution in [0, 0.1) is 0 Å². The van der Waals surface area contributed by atoms with Crippen LogP contribution in [0.2, 0.25) is 13.1 Å². The summed E-state index contributed by atoms with van der Waals surface area (Å²) in [5.74, 6) is 0. The van der Waals surface area contributed by atoms with E-state index in [0.29, 0.717) is 0 Å². The minimum absolute atomic E-state index is 1.17. The van der Waals surface area contributed by atoms with Crippen LogP contribution in [-0.2, 0) is 6.04 Å². The van der Waals surface area contributed by atoms with E-state index in [-0.39, 0.29) is 0 Å². The molecule has 0 radical (unpaired) electrons. The van der Waals surface area contributed by atoms with Gasteiger partial charge in [-0.25, -0.2) is 0 Å². The van der Waals surface area contributed by atoms with Crippen molar-refractivity contribution in [3.8, 4) is 0 Å². The molecule has 0 amide bonds. The first kappa shape index (κ1) is 9.48. The van der Waals surface area contributed by atoms with E-state index in [1.54, 1.807) is 0 Å². The highest BCUT2D eigenvalue weighted by Gasteiger charge is 2.17. The van der Waals surface area contributed by atoms with Crippen molar-refractivity contribution < 1.29 is 0 Å². The molecule has 1 rings (SSSR count). The zero-order valence-corrected chi connectivity index (χ0v) is 9.09. The Hall–Kier alpha value is -0.603. The van der Waals surface area contributed by atoms with E-state index in [2.05, 4.69) is 55.5 Å². The fraction of sp³-hybridized carbons (Fsp3) is 0.400. The summed E-state index contributed by atoms with van der Waals surface area (Å²) in [4.78, 5) is 3.43. The highest BCUT2D eigenvalue weighted by Crippen LogP contribution is 2.07. The van der Waals surface area contributed by atoms with Crippen LogP contribution in [-0.4, -0.2) is 15.3 Å². The van der Waals surface area contributed by atoms with Crippen molar-refractivity contribution in [2.24, 2.45) is 0 Å². The maximum absolute atomic E-state index is 3.43. The van der Waals surface area contributed by atoms with Crippen LogP contribution >= 0.6 is 0 Å². The van der Waals surface area contributed by atoms with E-state index in [0.717, 1.165) is 0 Å². The molecular formula is C10H17NSi. The molecule has 12 heavy (non-hydrogen) atoms. The Morgan fingerprint density at radius 1 is 1.17 bits per heavy atom. The summed E-state index contributed by atoms with van der Waals surface area (Å²) in [6.07, 6.45) is 0. The molecule has 0 aliphatic rings. The van der Waals surface area contributed by atoms with E-state index in [1.807, 2.05) is 0 Å². The SMILES string of the molecule is CN[Si](C)(C)Cc1ccccc1. The molecule has 0 atom stereocenters. The van der Waals surface area contributed by atoms with Gasteiger partial charge in [0.1, 0.15) is 8.24 Å². The molecule has 0 saturated heterocycles. The van der Waals surface area contributed by atoms with Crippen LogP contribution in [0.25, 0.3) is 0 Å². The van der Waals surface area contributed by atoms with Gasteiger partial charge in [-0.05, 0) is 18.7 Å². The summed E-state index contributed by atoms with van der Waals surface area (Å²) in [6.45, 7) is 4.69. The van der Waals surface area contributed by atoms with E-state index >= 15 is 0 Å². The lowest BCUT2D eigenvalue weighted by Crippen LogP contribution is -2.44. The van der Waals surface area contributed by atoms with Crippen LogP contribution in [0.1, 0.15) is 5.56 Å². The quantitative estimate of drug-likeness (QED) is 0.701. The van der Waals surface area contributed by atoms with Gasteiger partial charge in [-0.15, -0.1) is 0 Å². The normalized spacial score (nSPS) is 11.6. The smallest absolute Gasteiger partial charge is 0.123 e. The minimum Gasteiger partial charge on any atom is -0.340 e. The molecule has 0 saturated carbocycles. The molecule has 1 aromatic carbocycles. The lowest BCUT2D eigenvalue weighted by atomic mass is 10.2. The Balaban J connectivity index is 2.64. The van der Waals surface area contributed by atoms with Crippen LogP contribution in [0.5, 0.6) is 0 Å². The molecule has 0 unspecified atom stereocenters. The third kappa shape index (κ3) is 2.79. The molecule has 0 spiro atoms. The van der Waals surface area contributed by atoms with Gasteiger partial charge in [0.25, 0.3) is 0 Å². The number of benzene rings is 1. The van der Waals surface area contributed by atoms with Crippen LogP contribution in [0.3, 0.4) is 0 Å². The Bertz CT molecular complexity index is 231. The first-order valence-corrected chi connectivity index (χ1v) is 7.57. The second-order valence-electron chi connectivity index (χ2n) is 3.80. The first-order chi connectivity index (χ1) is 5.64. The van der Waals surface area contributed by atoms with Gasteiger partial charge in [0.2, 0.25) is 0 Å². The van der Waals surface area contributed by atoms with E-state index in [4.69, 9.17) is 0 Å². The molecule has 1 N–H and O–H groups in total. The average Bonchev–Trinajstić information content (AvgIpc) is 2.06.